The third kappa shape index (κ3) is 3.27. The van der Waals surface area contributed by atoms with Crippen LogP contribution in [0.15, 0.2) is 84.0 Å². The highest BCUT2D eigenvalue weighted by Gasteiger charge is 2.09. The first-order chi connectivity index (χ1) is 12.7. The minimum Gasteiger partial charge on any atom is -0.383 e. The number of rotatable bonds is 3. The molecular weight excluding hydrogens is 344 g/mol. The molecule has 0 unspecified atom stereocenters. The van der Waals surface area contributed by atoms with Gasteiger partial charge in [0.05, 0.1) is 11.4 Å². The summed E-state index contributed by atoms with van der Waals surface area (Å²) in [6.45, 7) is 0. The van der Waals surface area contributed by atoms with Crippen LogP contribution in [0.3, 0.4) is 0 Å². The molecule has 26 heavy (non-hydrogen) atoms. The zero-order valence-electron chi connectivity index (χ0n) is 13.8. The Balaban J connectivity index is 1.89. The van der Waals surface area contributed by atoms with Crippen molar-refractivity contribution in [1.82, 2.24) is 9.97 Å². The van der Waals surface area contributed by atoms with Crippen LogP contribution in [0.2, 0.25) is 5.02 Å². The first kappa shape index (κ1) is 16.2. The van der Waals surface area contributed by atoms with Gasteiger partial charge in [0.2, 0.25) is 0 Å². The van der Waals surface area contributed by atoms with Gasteiger partial charge in [-0.3, -0.25) is 4.98 Å². The summed E-state index contributed by atoms with van der Waals surface area (Å²) in [7, 11) is 0. The molecule has 0 saturated carbocycles. The lowest BCUT2D eigenvalue weighted by Gasteiger charge is -2.07. The number of nitrogens with two attached hydrogens (primary N) is 1. The first-order valence-electron chi connectivity index (χ1n) is 8.12. The molecular formula is C21H15ClN4. The molecule has 0 fully saturated rings. The Hall–Kier alpha value is -3.24. The number of halogens is 1. The third-order valence-corrected chi connectivity index (χ3v) is 4.23. The molecule has 4 nitrogen and oxygen atoms in total. The molecule has 0 spiro atoms. The Labute approximate surface area is 156 Å². The quantitative estimate of drug-likeness (QED) is 0.414. The van der Waals surface area contributed by atoms with Gasteiger partial charge in [-0.25, -0.2) is 9.98 Å². The van der Waals surface area contributed by atoms with Gasteiger partial charge in [0, 0.05) is 22.2 Å². The Bertz CT molecular complexity index is 1110. The van der Waals surface area contributed by atoms with Crippen LogP contribution in [-0.2, 0) is 0 Å². The zero-order chi connectivity index (χ0) is 17.9. The van der Waals surface area contributed by atoms with E-state index in [1.807, 2.05) is 60.7 Å². The highest BCUT2D eigenvalue weighted by molar-refractivity contribution is 6.31. The lowest BCUT2D eigenvalue weighted by molar-refractivity contribution is 1.24. The van der Waals surface area contributed by atoms with Gasteiger partial charge in [-0.2, -0.15) is 0 Å². The van der Waals surface area contributed by atoms with Gasteiger partial charge in [0.1, 0.15) is 5.84 Å². The van der Waals surface area contributed by atoms with E-state index in [1.165, 1.54) is 0 Å². The van der Waals surface area contributed by atoms with Crippen molar-refractivity contribution in [3.8, 4) is 11.4 Å². The van der Waals surface area contributed by atoms with Crippen molar-refractivity contribution < 1.29 is 0 Å². The van der Waals surface area contributed by atoms with Crippen LogP contribution < -0.4 is 5.73 Å². The lowest BCUT2D eigenvalue weighted by atomic mass is 10.1. The lowest BCUT2D eigenvalue weighted by Crippen LogP contribution is -2.12. The molecule has 0 aliphatic heterocycles. The van der Waals surface area contributed by atoms with Crippen LogP contribution in [0.5, 0.6) is 0 Å². The summed E-state index contributed by atoms with van der Waals surface area (Å²) in [5, 5.41) is 2.57. The van der Waals surface area contributed by atoms with Gasteiger partial charge < -0.3 is 5.73 Å². The van der Waals surface area contributed by atoms with E-state index in [0.717, 1.165) is 27.7 Å². The van der Waals surface area contributed by atoms with E-state index in [2.05, 4.69) is 9.98 Å². The standard InChI is InChI=1S/C21H15ClN4/c22-16-8-5-7-15(12-16)20(23)26-21-17-9-2-1-6-14(17)13-19(25-21)18-10-3-4-11-24-18/h1-13H,(H2,23,25,26). The largest absolute Gasteiger partial charge is 0.383 e. The van der Waals surface area contributed by atoms with Crippen molar-refractivity contribution in [3.05, 3.63) is 89.6 Å². The summed E-state index contributed by atoms with van der Waals surface area (Å²) >= 11 is 6.06. The third-order valence-electron chi connectivity index (χ3n) is 3.99. The molecule has 2 aromatic carbocycles. The van der Waals surface area contributed by atoms with Gasteiger partial charge in [0.25, 0.3) is 0 Å². The SMILES string of the molecule is NC(=Nc1nc(-c2ccccn2)cc2ccccc12)c1cccc(Cl)c1. The molecule has 4 rings (SSSR count). The molecule has 126 valence electrons. The molecule has 0 atom stereocenters. The summed E-state index contributed by atoms with van der Waals surface area (Å²) in [5.74, 6) is 0.921. The smallest absolute Gasteiger partial charge is 0.162 e. The number of hydrogen-bond donors (Lipinski definition) is 1. The van der Waals surface area contributed by atoms with Gasteiger partial charge in [0.15, 0.2) is 5.82 Å². The maximum atomic E-state index is 6.21. The molecule has 0 bridgehead atoms. The molecule has 0 radical (unpaired) electrons. The van der Waals surface area contributed by atoms with Crippen molar-refractivity contribution >= 4 is 34.0 Å². The van der Waals surface area contributed by atoms with Crippen LogP contribution in [0.25, 0.3) is 22.2 Å². The predicted molar refractivity (Wildman–Crippen MR) is 107 cm³/mol. The molecule has 4 aromatic rings. The van der Waals surface area contributed by atoms with E-state index >= 15 is 0 Å². The average Bonchev–Trinajstić information content (AvgIpc) is 2.68. The second-order valence-electron chi connectivity index (χ2n) is 5.77. The maximum absolute atomic E-state index is 6.21. The number of hydrogen-bond acceptors (Lipinski definition) is 3. The average molecular weight is 359 g/mol. The van der Waals surface area contributed by atoms with Crippen molar-refractivity contribution in [2.45, 2.75) is 0 Å². The Morgan fingerprint density at radius 2 is 1.73 bits per heavy atom. The Kier molecular flexibility index (Phi) is 4.33. The van der Waals surface area contributed by atoms with Crippen LogP contribution in [-0.4, -0.2) is 15.8 Å². The van der Waals surface area contributed by atoms with E-state index in [4.69, 9.17) is 22.3 Å². The first-order valence-corrected chi connectivity index (χ1v) is 8.50. The van der Waals surface area contributed by atoms with Gasteiger partial charge >= 0.3 is 0 Å². The van der Waals surface area contributed by atoms with Crippen molar-refractivity contribution in [3.63, 3.8) is 0 Å². The van der Waals surface area contributed by atoms with Crippen LogP contribution in [0, 0.1) is 0 Å². The van der Waals surface area contributed by atoms with Crippen molar-refractivity contribution in [2.24, 2.45) is 10.7 Å². The van der Waals surface area contributed by atoms with Crippen LogP contribution in [0.1, 0.15) is 5.56 Å². The summed E-state index contributed by atoms with van der Waals surface area (Å²) in [6.07, 6.45) is 1.75. The number of fused-ring (bicyclic) bond motifs is 1. The van der Waals surface area contributed by atoms with Crippen molar-refractivity contribution in [1.29, 1.82) is 0 Å². The number of amidine groups is 1. The molecule has 0 amide bonds. The summed E-state index contributed by atoms with van der Waals surface area (Å²) in [4.78, 5) is 13.7. The fourth-order valence-electron chi connectivity index (χ4n) is 2.74. The number of benzene rings is 2. The van der Waals surface area contributed by atoms with E-state index in [1.54, 1.807) is 18.3 Å². The molecule has 2 aromatic heterocycles. The van der Waals surface area contributed by atoms with E-state index in [0.29, 0.717) is 16.7 Å². The second kappa shape index (κ2) is 6.94. The summed E-state index contributed by atoms with van der Waals surface area (Å²) < 4.78 is 0. The topological polar surface area (TPSA) is 64.2 Å². The Morgan fingerprint density at radius 3 is 2.54 bits per heavy atom. The summed E-state index contributed by atoms with van der Waals surface area (Å²) in [6, 6.07) is 23.0. The minimum atomic E-state index is 0.364. The molecule has 0 aliphatic rings. The number of aliphatic imine (C=N–C) groups is 1. The minimum absolute atomic E-state index is 0.364. The second-order valence-corrected chi connectivity index (χ2v) is 6.21. The molecule has 0 saturated heterocycles. The summed E-state index contributed by atoms with van der Waals surface area (Å²) in [5.41, 5.74) is 8.51. The molecule has 0 aliphatic carbocycles. The fourth-order valence-corrected chi connectivity index (χ4v) is 2.93. The van der Waals surface area contributed by atoms with Crippen molar-refractivity contribution in [2.75, 3.05) is 0 Å². The normalized spacial score (nSPS) is 11.7. The number of pyridine rings is 2. The predicted octanol–water partition coefficient (Wildman–Crippen LogP) is 4.99. The molecule has 2 N–H and O–H groups in total. The molecule has 5 heteroatoms. The zero-order valence-corrected chi connectivity index (χ0v) is 14.6. The Morgan fingerprint density at radius 1 is 0.885 bits per heavy atom. The van der Waals surface area contributed by atoms with E-state index in [-0.39, 0.29) is 0 Å². The van der Waals surface area contributed by atoms with Gasteiger partial charge in [-0.05, 0) is 35.7 Å². The van der Waals surface area contributed by atoms with Gasteiger partial charge in [-0.15, -0.1) is 0 Å². The fraction of sp³-hybridized carbons (Fsp3) is 0. The van der Waals surface area contributed by atoms with E-state index in [9.17, 15) is 0 Å². The van der Waals surface area contributed by atoms with Crippen LogP contribution in [0.4, 0.5) is 5.82 Å². The monoisotopic (exact) mass is 358 g/mol. The highest BCUT2D eigenvalue weighted by Crippen LogP contribution is 2.29. The van der Waals surface area contributed by atoms with E-state index < -0.39 is 0 Å². The highest BCUT2D eigenvalue weighted by atomic mass is 35.5. The maximum Gasteiger partial charge on any atom is 0.162 e. The number of nitrogens with zero attached hydrogens (tertiary/aromatic N) is 3. The molecule has 2 heterocycles. The van der Waals surface area contributed by atoms with Crippen LogP contribution >= 0.6 is 11.6 Å². The van der Waals surface area contributed by atoms with Gasteiger partial charge in [-0.1, -0.05) is 54.1 Å². The number of aromatic nitrogens is 2.